The molecule has 0 aliphatic heterocycles. The Morgan fingerprint density at radius 2 is 2.05 bits per heavy atom. The molecule has 0 saturated carbocycles. The Bertz CT molecular complexity index is 610. The SMILES string of the molecule is Cc1nn(C)c(CC(N)c2ccc(Cl)c(Cl)c2)c1Br. The summed E-state index contributed by atoms with van der Waals surface area (Å²) in [7, 11) is 1.91. The zero-order chi connectivity index (χ0) is 14.2. The quantitative estimate of drug-likeness (QED) is 0.895. The van der Waals surface area contributed by atoms with E-state index >= 15 is 0 Å². The third-order valence-electron chi connectivity index (χ3n) is 3.05. The maximum Gasteiger partial charge on any atom is 0.0738 e. The average molecular weight is 363 g/mol. The summed E-state index contributed by atoms with van der Waals surface area (Å²) in [4.78, 5) is 0. The predicted octanol–water partition coefficient (Wildman–Crippen LogP) is 4.04. The third-order valence-corrected chi connectivity index (χ3v) is 4.82. The first-order valence-corrected chi connectivity index (χ1v) is 7.33. The highest BCUT2D eigenvalue weighted by Crippen LogP contribution is 2.28. The van der Waals surface area contributed by atoms with Crippen molar-refractivity contribution in [2.75, 3.05) is 0 Å². The van der Waals surface area contributed by atoms with Gasteiger partial charge in [-0.15, -0.1) is 0 Å². The molecule has 0 radical (unpaired) electrons. The van der Waals surface area contributed by atoms with Crippen molar-refractivity contribution >= 4 is 39.1 Å². The number of halogens is 3. The van der Waals surface area contributed by atoms with Gasteiger partial charge >= 0.3 is 0 Å². The molecule has 0 bridgehead atoms. The summed E-state index contributed by atoms with van der Waals surface area (Å²) in [6.45, 7) is 1.96. The number of aromatic nitrogens is 2. The maximum absolute atomic E-state index is 6.23. The van der Waals surface area contributed by atoms with E-state index in [1.807, 2.05) is 30.8 Å². The molecule has 0 spiro atoms. The van der Waals surface area contributed by atoms with Crippen molar-refractivity contribution in [1.82, 2.24) is 9.78 Å². The molecule has 2 aromatic rings. The summed E-state index contributed by atoms with van der Waals surface area (Å²) in [5, 5.41) is 5.42. The molecule has 1 unspecified atom stereocenters. The van der Waals surface area contributed by atoms with Gasteiger partial charge in [0.2, 0.25) is 0 Å². The van der Waals surface area contributed by atoms with Crippen LogP contribution in [0.25, 0.3) is 0 Å². The Kier molecular flexibility index (Phi) is 4.56. The highest BCUT2D eigenvalue weighted by Gasteiger charge is 2.16. The molecule has 0 amide bonds. The largest absolute Gasteiger partial charge is 0.324 e. The molecule has 19 heavy (non-hydrogen) atoms. The zero-order valence-corrected chi connectivity index (χ0v) is 13.7. The molecule has 1 aromatic carbocycles. The van der Waals surface area contributed by atoms with Crippen molar-refractivity contribution in [3.05, 3.63) is 49.7 Å². The summed E-state index contributed by atoms with van der Waals surface area (Å²) >= 11 is 15.5. The smallest absolute Gasteiger partial charge is 0.0738 e. The summed E-state index contributed by atoms with van der Waals surface area (Å²) in [6, 6.07) is 5.32. The molecule has 102 valence electrons. The lowest BCUT2D eigenvalue weighted by molar-refractivity contribution is 0.638. The van der Waals surface area contributed by atoms with Gasteiger partial charge in [-0.1, -0.05) is 29.3 Å². The molecule has 1 heterocycles. The van der Waals surface area contributed by atoms with Crippen LogP contribution in [0.4, 0.5) is 0 Å². The van der Waals surface area contributed by atoms with Crippen molar-refractivity contribution in [3.63, 3.8) is 0 Å². The minimum atomic E-state index is -0.152. The van der Waals surface area contributed by atoms with Crippen LogP contribution in [0.2, 0.25) is 10.0 Å². The first kappa shape index (κ1) is 14.9. The molecule has 2 rings (SSSR count). The third kappa shape index (κ3) is 3.14. The number of aryl methyl sites for hydroxylation is 2. The van der Waals surface area contributed by atoms with Gasteiger partial charge in [-0.25, -0.2) is 0 Å². The number of hydrogen-bond acceptors (Lipinski definition) is 2. The van der Waals surface area contributed by atoms with E-state index < -0.39 is 0 Å². The average Bonchev–Trinajstić information content (AvgIpc) is 2.59. The van der Waals surface area contributed by atoms with Crippen LogP contribution in [-0.2, 0) is 13.5 Å². The van der Waals surface area contributed by atoms with Gasteiger partial charge in [-0.05, 0) is 40.5 Å². The molecule has 0 aliphatic rings. The van der Waals surface area contributed by atoms with E-state index in [1.54, 1.807) is 6.07 Å². The zero-order valence-electron chi connectivity index (χ0n) is 10.6. The number of benzene rings is 1. The summed E-state index contributed by atoms with van der Waals surface area (Å²) in [6.07, 6.45) is 0.676. The maximum atomic E-state index is 6.23. The van der Waals surface area contributed by atoms with Crippen LogP contribution in [0.5, 0.6) is 0 Å². The van der Waals surface area contributed by atoms with Crippen LogP contribution < -0.4 is 5.73 Å². The molecule has 3 nitrogen and oxygen atoms in total. The Morgan fingerprint density at radius 3 is 2.58 bits per heavy atom. The topological polar surface area (TPSA) is 43.8 Å². The minimum Gasteiger partial charge on any atom is -0.324 e. The first-order valence-electron chi connectivity index (χ1n) is 5.78. The van der Waals surface area contributed by atoms with Crippen LogP contribution in [0.3, 0.4) is 0 Å². The van der Waals surface area contributed by atoms with Crippen molar-refractivity contribution in [2.24, 2.45) is 12.8 Å². The standard InChI is InChI=1S/C13H14BrCl2N3/c1-7-13(14)12(19(2)18-7)6-11(17)8-3-4-9(15)10(16)5-8/h3-5,11H,6,17H2,1-2H3. The van der Waals surface area contributed by atoms with E-state index in [-0.39, 0.29) is 6.04 Å². The first-order chi connectivity index (χ1) is 8.90. The van der Waals surface area contributed by atoms with Gasteiger partial charge in [0.15, 0.2) is 0 Å². The van der Waals surface area contributed by atoms with Crippen LogP contribution in [0.1, 0.15) is 23.0 Å². The lowest BCUT2D eigenvalue weighted by Crippen LogP contribution is -2.15. The van der Waals surface area contributed by atoms with Crippen molar-refractivity contribution in [2.45, 2.75) is 19.4 Å². The van der Waals surface area contributed by atoms with E-state index in [0.717, 1.165) is 21.4 Å². The van der Waals surface area contributed by atoms with E-state index in [9.17, 15) is 0 Å². The number of rotatable bonds is 3. The molecule has 0 saturated heterocycles. The normalized spacial score (nSPS) is 12.7. The van der Waals surface area contributed by atoms with Gasteiger partial charge in [0.05, 0.1) is 25.9 Å². The monoisotopic (exact) mass is 361 g/mol. The van der Waals surface area contributed by atoms with Gasteiger partial charge in [-0.3, -0.25) is 4.68 Å². The Hall–Kier alpha value is -0.550. The Morgan fingerprint density at radius 1 is 1.37 bits per heavy atom. The van der Waals surface area contributed by atoms with Crippen LogP contribution in [0.15, 0.2) is 22.7 Å². The van der Waals surface area contributed by atoms with Crippen LogP contribution in [-0.4, -0.2) is 9.78 Å². The van der Waals surface area contributed by atoms with Crippen molar-refractivity contribution < 1.29 is 0 Å². The molecule has 1 atom stereocenters. The van der Waals surface area contributed by atoms with Crippen LogP contribution >= 0.6 is 39.1 Å². The predicted molar refractivity (Wildman–Crippen MR) is 82.7 cm³/mol. The molecule has 6 heteroatoms. The highest BCUT2D eigenvalue weighted by atomic mass is 79.9. The minimum absolute atomic E-state index is 0.152. The molecule has 0 fully saturated rings. The number of nitrogens with zero attached hydrogens (tertiary/aromatic N) is 2. The fourth-order valence-corrected chi connectivity index (χ4v) is 2.78. The van der Waals surface area contributed by atoms with E-state index in [1.165, 1.54) is 0 Å². The van der Waals surface area contributed by atoms with Crippen molar-refractivity contribution in [1.29, 1.82) is 0 Å². The Balaban J connectivity index is 2.25. The van der Waals surface area contributed by atoms with Gasteiger partial charge in [0.1, 0.15) is 0 Å². The van der Waals surface area contributed by atoms with Gasteiger partial charge in [-0.2, -0.15) is 5.10 Å². The van der Waals surface area contributed by atoms with E-state index in [0.29, 0.717) is 16.5 Å². The Labute approximate surface area is 130 Å². The highest BCUT2D eigenvalue weighted by molar-refractivity contribution is 9.10. The summed E-state index contributed by atoms with van der Waals surface area (Å²) < 4.78 is 2.85. The van der Waals surface area contributed by atoms with E-state index in [2.05, 4.69) is 21.0 Å². The molecule has 1 aromatic heterocycles. The second kappa shape index (κ2) is 5.83. The van der Waals surface area contributed by atoms with Gasteiger partial charge < -0.3 is 5.73 Å². The van der Waals surface area contributed by atoms with Gasteiger partial charge in [0.25, 0.3) is 0 Å². The molecular formula is C13H14BrCl2N3. The number of nitrogens with two attached hydrogens (primary N) is 1. The fraction of sp³-hybridized carbons (Fsp3) is 0.308. The summed E-state index contributed by atoms with van der Waals surface area (Å²) in [5.41, 5.74) is 9.21. The molecule has 2 N–H and O–H groups in total. The lowest BCUT2D eigenvalue weighted by Gasteiger charge is -2.13. The lowest BCUT2D eigenvalue weighted by atomic mass is 10.0. The van der Waals surface area contributed by atoms with E-state index in [4.69, 9.17) is 28.9 Å². The number of hydrogen-bond donors (Lipinski definition) is 1. The van der Waals surface area contributed by atoms with Crippen molar-refractivity contribution in [3.8, 4) is 0 Å². The van der Waals surface area contributed by atoms with Gasteiger partial charge in [0, 0.05) is 19.5 Å². The molecular weight excluding hydrogens is 349 g/mol. The van der Waals surface area contributed by atoms with Crippen LogP contribution in [0, 0.1) is 6.92 Å². The molecule has 0 aliphatic carbocycles. The fourth-order valence-electron chi connectivity index (χ4n) is 1.97. The summed E-state index contributed by atoms with van der Waals surface area (Å²) in [5.74, 6) is 0. The second-order valence-corrected chi connectivity index (χ2v) is 6.06. The second-order valence-electron chi connectivity index (χ2n) is 4.45.